The minimum absolute atomic E-state index is 0.0269. The fourth-order valence-corrected chi connectivity index (χ4v) is 5.02. The first-order valence-electron chi connectivity index (χ1n) is 13.8. The number of carbonyl (C=O) groups is 2. The Morgan fingerprint density at radius 1 is 1.00 bits per heavy atom. The van der Waals surface area contributed by atoms with Gasteiger partial charge in [0, 0.05) is 26.6 Å². The van der Waals surface area contributed by atoms with Crippen molar-refractivity contribution in [3.8, 4) is 17.2 Å². The highest BCUT2D eigenvalue weighted by molar-refractivity contribution is 5.96. The van der Waals surface area contributed by atoms with Crippen LogP contribution < -0.4 is 14.2 Å². The topological polar surface area (TPSA) is 68.3 Å². The van der Waals surface area contributed by atoms with Crippen LogP contribution in [0.25, 0.3) is 0 Å². The van der Waals surface area contributed by atoms with Crippen molar-refractivity contribution in [3.05, 3.63) is 53.6 Å². The van der Waals surface area contributed by atoms with Crippen LogP contribution >= 0.6 is 0 Å². The Labute approximate surface area is 228 Å². The van der Waals surface area contributed by atoms with E-state index in [1.165, 1.54) is 0 Å². The number of carbonyl (C=O) groups excluding carboxylic acids is 2. The van der Waals surface area contributed by atoms with E-state index >= 15 is 0 Å². The molecule has 7 heteroatoms. The number of hydrogen-bond acceptors (Lipinski definition) is 5. The molecule has 208 valence electrons. The van der Waals surface area contributed by atoms with E-state index in [-0.39, 0.29) is 17.9 Å². The molecule has 2 aromatic rings. The Bertz CT molecular complexity index is 1050. The van der Waals surface area contributed by atoms with Gasteiger partial charge in [0.2, 0.25) is 5.91 Å². The summed E-state index contributed by atoms with van der Waals surface area (Å²) < 4.78 is 17.1. The van der Waals surface area contributed by atoms with E-state index in [9.17, 15) is 9.59 Å². The molecule has 2 aromatic carbocycles. The van der Waals surface area contributed by atoms with Crippen LogP contribution in [0.1, 0.15) is 68.3 Å². The fourth-order valence-electron chi connectivity index (χ4n) is 5.02. The number of fused-ring (bicyclic) bond motifs is 1. The van der Waals surface area contributed by atoms with Gasteiger partial charge in [-0.15, -0.1) is 0 Å². The van der Waals surface area contributed by atoms with Crippen molar-refractivity contribution in [2.24, 2.45) is 5.92 Å². The molecule has 0 fully saturated rings. The Hall–Kier alpha value is -3.22. The minimum atomic E-state index is -0.0725. The minimum Gasteiger partial charge on any atom is -0.493 e. The second kappa shape index (κ2) is 14.6. The number of methoxy groups -OCH3 is 2. The van der Waals surface area contributed by atoms with Gasteiger partial charge in [-0.05, 0) is 61.4 Å². The summed E-state index contributed by atoms with van der Waals surface area (Å²) in [5.41, 5.74) is 1.60. The number of rotatable bonds is 7. The zero-order valence-electron chi connectivity index (χ0n) is 23.7. The van der Waals surface area contributed by atoms with Gasteiger partial charge in [-0.2, -0.15) is 0 Å². The van der Waals surface area contributed by atoms with E-state index in [1.807, 2.05) is 54.4 Å². The summed E-state index contributed by atoms with van der Waals surface area (Å²) in [6, 6.07) is 13.2. The molecule has 0 radical (unpaired) electrons. The second-order valence-electron chi connectivity index (χ2n) is 10.5. The van der Waals surface area contributed by atoms with Crippen molar-refractivity contribution in [3.63, 3.8) is 0 Å². The van der Waals surface area contributed by atoms with Gasteiger partial charge in [0.05, 0.1) is 25.8 Å². The van der Waals surface area contributed by atoms with Crippen molar-refractivity contribution in [1.82, 2.24) is 9.80 Å². The van der Waals surface area contributed by atoms with E-state index in [2.05, 4.69) is 13.8 Å². The quantitative estimate of drug-likeness (QED) is 0.471. The molecule has 1 atom stereocenters. The SMILES string of the molecule is COc1ccc(CCC(=O)N2CCCCCCN(C)C(=O)c3ccccc3OC[C@@H]2CC(C)C)cc1OC. The molecule has 0 saturated heterocycles. The number of aryl methyl sites for hydroxylation is 1. The number of amides is 2. The molecule has 38 heavy (non-hydrogen) atoms. The Balaban J connectivity index is 1.81. The zero-order chi connectivity index (χ0) is 27.5. The molecule has 0 saturated carbocycles. The molecule has 0 aliphatic carbocycles. The predicted molar refractivity (Wildman–Crippen MR) is 150 cm³/mol. The van der Waals surface area contributed by atoms with Gasteiger partial charge < -0.3 is 24.0 Å². The summed E-state index contributed by atoms with van der Waals surface area (Å²) in [5, 5.41) is 0. The molecule has 3 rings (SSSR count). The van der Waals surface area contributed by atoms with Gasteiger partial charge in [0.25, 0.3) is 5.91 Å². The molecule has 1 aliphatic rings. The van der Waals surface area contributed by atoms with E-state index in [1.54, 1.807) is 19.1 Å². The number of benzene rings is 2. The molecular formula is C31H44N2O5. The number of para-hydroxylation sites is 1. The monoisotopic (exact) mass is 524 g/mol. The van der Waals surface area contributed by atoms with Crippen molar-refractivity contribution in [2.45, 2.75) is 64.8 Å². The molecule has 7 nitrogen and oxygen atoms in total. The molecule has 0 aromatic heterocycles. The summed E-state index contributed by atoms with van der Waals surface area (Å²) >= 11 is 0. The standard InChI is InChI=1S/C31H44N2O5/c1-23(2)20-25-22-38-27-13-9-8-12-26(27)31(35)32(3)18-10-6-7-11-19-33(25)30(34)17-15-24-14-16-28(36-4)29(21-24)37-5/h8-9,12-14,16,21,23,25H,6-7,10-11,15,17-20,22H2,1-5H3/t25-/m0/s1. The van der Waals surface area contributed by atoms with Gasteiger partial charge in [0.15, 0.2) is 11.5 Å². The third-order valence-corrected chi connectivity index (χ3v) is 7.12. The van der Waals surface area contributed by atoms with Gasteiger partial charge in [0.1, 0.15) is 12.4 Å². The summed E-state index contributed by atoms with van der Waals surface area (Å²) in [5.74, 6) is 2.42. The Kier molecular flexibility index (Phi) is 11.3. The molecule has 0 N–H and O–H groups in total. The first kappa shape index (κ1) is 29.3. The van der Waals surface area contributed by atoms with Crippen molar-refractivity contribution in [2.75, 3.05) is 41.0 Å². The molecule has 0 unspecified atom stereocenters. The first-order chi connectivity index (χ1) is 18.3. The number of hydrogen-bond donors (Lipinski definition) is 0. The average Bonchev–Trinajstić information content (AvgIpc) is 2.92. The summed E-state index contributed by atoms with van der Waals surface area (Å²) in [6.45, 7) is 6.11. The lowest BCUT2D eigenvalue weighted by molar-refractivity contribution is -0.134. The van der Waals surface area contributed by atoms with E-state index in [0.717, 1.165) is 37.7 Å². The lowest BCUT2D eigenvalue weighted by atomic mass is 10.0. The highest BCUT2D eigenvalue weighted by Gasteiger charge is 2.26. The highest BCUT2D eigenvalue weighted by atomic mass is 16.5. The molecule has 2 amide bonds. The smallest absolute Gasteiger partial charge is 0.257 e. The van der Waals surface area contributed by atoms with Crippen LogP contribution in [0.3, 0.4) is 0 Å². The zero-order valence-corrected chi connectivity index (χ0v) is 23.7. The third kappa shape index (κ3) is 8.14. The third-order valence-electron chi connectivity index (χ3n) is 7.12. The van der Waals surface area contributed by atoms with Crippen LogP contribution in [-0.4, -0.2) is 68.6 Å². The van der Waals surface area contributed by atoms with E-state index in [0.29, 0.717) is 61.3 Å². The van der Waals surface area contributed by atoms with Crippen molar-refractivity contribution < 1.29 is 23.8 Å². The molecule has 1 aliphatic heterocycles. The van der Waals surface area contributed by atoms with Gasteiger partial charge in [-0.25, -0.2) is 0 Å². The lowest BCUT2D eigenvalue weighted by Gasteiger charge is -2.34. The molecular weight excluding hydrogens is 480 g/mol. The maximum absolute atomic E-state index is 13.7. The van der Waals surface area contributed by atoms with E-state index < -0.39 is 0 Å². The maximum Gasteiger partial charge on any atom is 0.257 e. The van der Waals surface area contributed by atoms with Crippen molar-refractivity contribution >= 4 is 11.8 Å². The largest absolute Gasteiger partial charge is 0.493 e. The molecule has 0 bridgehead atoms. The van der Waals surface area contributed by atoms with E-state index in [4.69, 9.17) is 14.2 Å². The average molecular weight is 525 g/mol. The number of ether oxygens (including phenoxy) is 3. The first-order valence-corrected chi connectivity index (χ1v) is 13.8. The van der Waals surface area contributed by atoms with Gasteiger partial charge in [-0.1, -0.05) is 44.9 Å². The molecule has 0 spiro atoms. The van der Waals surface area contributed by atoms with Crippen LogP contribution in [0, 0.1) is 5.92 Å². The fraction of sp³-hybridized carbons (Fsp3) is 0.548. The van der Waals surface area contributed by atoms with Gasteiger partial charge >= 0.3 is 0 Å². The summed E-state index contributed by atoms with van der Waals surface area (Å²) in [6.07, 6.45) is 5.78. The molecule has 1 heterocycles. The van der Waals surface area contributed by atoms with Crippen LogP contribution in [-0.2, 0) is 11.2 Å². The predicted octanol–water partition coefficient (Wildman–Crippen LogP) is 5.60. The second-order valence-corrected chi connectivity index (χ2v) is 10.5. The van der Waals surface area contributed by atoms with Gasteiger partial charge in [-0.3, -0.25) is 9.59 Å². The highest BCUT2D eigenvalue weighted by Crippen LogP contribution is 2.28. The summed E-state index contributed by atoms with van der Waals surface area (Å²) in [4.78, 5) is 30.6. The van der Waals surface area contributed by atoms with Crippen molar-refractivity contribution in [1.29, 1.82) is 0 Å². The Morgan fingerprint density at radius 2 is 1.71 bits per heavy atom. The maximum atomic E-state index is 13.7. The number of nitrogens with zero attached hydrogens (tertiary/aromatic N) is 2. The van der Waals surface area contributed by atoms with Crippen LogP contribution in [0.15, 0.2) is 42.5 Å². The normalized spacial score (nSPS) is 17.4. The lowest BCUT2D eigenvalue weighted by Crippen LogP contribution is -2.45. The van der Waals surface area contributed by atoms with Crippen LogP contribution in [0.5, 0.6) is 17.2 Å². The Morgan fingerprint density at radius 3 is 2.42 bits per heavy atom. The van der Waals surface area contributed by atoms with Crippen LogP contribution in [0.4, 0.5) is 0 Å². The summed E-state index contributed by atoms with van der Waals surface area (Å²) in [7, 11) is 5.09. The van der Waals surface area contributed by atoms with Crippen LogP contribution in [0.2, 0.25) is 0 Å².